The van der Waals surface area contributed by atoms with E-state index in [1.807, 2.05) is 24.3 Å². The van der Waals surface area contributed by atoms with Gasteiger partial charge in [0.1, 0.15) is 0 Å². The van der Waals surface area contributed by atoms with Crippen molar-refractivity contribution < 1.29 is 19.0 Å². The molecule has 19 heavy (non-hydrogen) atoms. The van der Waals surface area contributed by atoms with E-state index in [1.165, 1.54) is 14.0 Å². The Morgan fingerprint density at radius 2 is 1.84 bits per heavy atom. The second kappa shape index (κ2) is 5.48. The average Bonchev–Trinajstić information content (AvgIpc) is 2.37. The van der Waals surface area contributed by atoms with E-state index < -0.39 is 5.97 Å². The molecule has 0 fully saturated rings. The molecule has 0 bridgehead atoms. The maximum Gasteiger partial charge on any atom is 0.308 e. The Bertz CT molecular complexity index is 637. The zero-order chi connectivity index (χ0) is 14.0. The van der Waals surface area contributed by atoms with Crippen LogP contribution >= 0.6 is 15.9 Å². The number of carbonyl (C=O) groups excluding carboxylic acids is 1. The summed E-state index contributed by atoms with van der Waals surface area (Å²) < 4.78 is 16.8. The third-order valence-corrected chi connectivity index (χ3v) is 3.14. The summed E-state index contributed by atoms with van der Waals surface area (Å²) in [5.74, 6) is 0.893. The van der Waals surface area contributed by atoms with Crippen LogP contribution in [0.3, 0.4) is 0 Å². The molecule has 0 spiro atoms. The lowest BCUT2D eigenvalue weighted by Crippen LogP contribution is -2.04. The van der Waals surface area contributed by atoms with Crippen molar-refractivity contribution in [3.8, 4) is 17.2 Å². The fourth-order valence-corrected chi connectivity index (χ4v) is 2.27. The summed E-state index contributed by atoms with van der Waals surface area (Å²) in [6.45, 7) is 1.35. The summed E-state index contributed by atoms with van der Waals surface area (Å²) in [5, 5.41) is 1.68. The SMILES string of the molecule is COc1cc2cc(Br)ccc2c(OC(C)=O)c1OC. The fourth-order valence-electron chi connectivity index (χ4n) is 1.89. The second-order valence-corrected chi connectivity index (χ2v) is 4.82. The van der Waals surface area contributed by atoms with Gasteiger partial charge < -0.3 is 14.2 Å². The molecule has 0 aliphatic carbocycles. The van der Waals surface area contributed by atoms with Crippen molar-refractivity contribution in [1.29, 1.82) is 0 Å². The fraction of sp³-hybridized carbons (Fsp3) is 0.214. The van der Waals surface area contributed by atoms with Crippen LogP contribution in [0.2, 0.25) is 0 Å². The molecule has 100 valence electrons. The first-order chi connectivity index (χ1) is 9.06. The van der Waals surface area contributed by atoms with Gasteiger partial charge in [-0.25, -0.2) is 0 Å². The molecule has 0 radical (unpaired) electrons. The number of rotatable bonds is 3. The smallest absolute Gasteiger partial charge is 0.308 e. The Kier molecular flexibility index (Phi) is 3.95. The number of benzene rings is 2. The molecule has 0 amide bonds. The van der Waals surface area contributed by atoms with E-state index in [0.717, 1.165) is 15.2 Å². The van der Waals surface area contributed by atoms with Crippen molar-refractivity contribution in [2.24, 2.45) is 0 Å². The highest BCUT2D eigenvalue weighted by Gasteiger charge is 2.18. The summed E-state index contributed by atoms with van der Waals surface area (Å²) in [4.78, 5) is 11.3. The van der Waals surface area contributed by atoms with Crippen molar-refractivity contribution in [2.45, 2.75) is 6.92 Å². The molecule has 0 unspecified atom stereocenters. The van der Waals surface area contributed by atoms with Crippen LogP contribution in [-0.4, -0.2) is 20.2 Å². The van der Waals surface area contributed by atoms with Gasteiger partial charge in [0, 0.05) is 16.8 Å². The number of fused-ring (bicyclic) bond motifs is 1. The quantitative estimate of drug-likeness (QED) is 0.639. The number of halogens is 1. The summed E-state index contributed by atoms with van der Waals surface area (Å²) in [6.07, 6.45) is 0. The van der Waals surface area contributed by atoms with E-state index in [4.69, 9.17) is 14.2 Å². The van der Waals surface area contributed by atoms with Gasteiger partial charge in [-0.2, -0.15) is 0 Å². The van der Waals surface area contributed by atoms with Gasteiger partial charge in [-0.05, 0) is 29.7 Å². The zero-order valence-electron chi connectivity index (χ0n) is 10.8. The first-order valence-electron chi connectivity index (χ1n) is 5.59. The molecule has 0 saturated carbocycles. The molecule has 0 saturated heterocycles. The minimum absolute atomic E-state index is 0.372. The maximum absolute atomic E-state index is 11.3. The van der Waals surface area contributed by atoms with Gasteiger partial charge in [0.25, 0.3) is 0 Å². The number of carbonyl (C=O) groups is 1. The number of ether oxygens (including phenoxy) is 3. The topological polar surface area (TPSA) is 44.8 Å². The van der Waals surface area contributed by atoms with Crippen LogP contribution in [0.1, 0.15) is 6.92 Å². The van der Waals surface area contributed by atoms with Crippen LogP contribution in [0.25, 0.3) is 10.8 Å². The summed E-state index contributed by atoms with van der Waals surface area (Å²) >= 11 is 3.41. The van der Waals surface area contributed by atoms with E-state index in [1.54, 1.807) is 7.11 Å². The standard InChI is InChI=1S/C14H13BrO4/c1-8(16)19-13-11-5-4-10(15)6-9(11)7-12(17-2)14(13)18-3/h4-7H,1-3H3. The maximum atomic E-state index is 11.3. The number of esters is 1. The third-order valence-electron chi connectivity index (χ3n) is 2.64. The Hall–Kier alpha value is -1.75. The van der Waals surface area contributed by atoms with Crippen LogP contribution in [0.5, 0.6) is 17.2 Å². The van der Waals surface area contributed by atoms with Gasteiger partial charge in [0.2, 0.25) is 5.75 Å². The molecule has 0 N–H and O–H groups in total. The van der Waals surface area contributed by atoms with Crippen molar-refractivity contribution >= 4 is 32.7 Å². The average molecular weight is 325 g/mol. The van der Waals surface area contributed by atoms with Gasteiger partial charge >= 0.3 is 5.97 Å². The van der Waals surface area contributed by atoms with Gasteiger partial charge in [-0.15, -0.1) is 0 Å². The van der Waals surface area contributed by atoms with Gasteiger partial charge in [-0.3, -0.25) is 4.79 Å². The zero-order valence-corrected chi connectivity index (χ0v) is 12.4. The normalized spacial score (nSPS) is 10.3. The third kappa shape index (κ3) is 2.66. The minimum atomic E-state index is -0.407. The number of hydrogen-bond donors (Lipinski definition) is 0. The lowest BCUT2D eigenvalue weighted by Gasteiger charge is -2.15. The largest absolute Gasteiger partial charge is 0.493 e. The first-order valence-corrected chi connectivity index (χ1v) is 6.38. The summed E-state index contributed by atoms with van der Waals surface area (Å²) in [7, 11) is 3.05. The van der Waals surface area contributed by atoms with Crippen LogP contribution in [-0.2, 0) is 4.79 Å². The molecule has 2 aromatic carbocycles. The van der Waals surface area contributed by atoms with Gasteiger partial charge in [0.15, 0.2) is 11.5 Å². The van der Waals surface area contributed by atoms with Crippen molar-refractivity contribution in [3.05, 3.63) is 28.7 Å². The van der Waals surface area contributed by atoms with Gasteiger partial charge in [-0.1, -0.05) is 15.9 Å². The molecule has 0 aliphatic heterocycles. The van der Waals surface area contributed by atoms with E-state index in [2.05, 4.69) is 15.9 Å². The molecule has 0 aliphatic rings. The van der Waals surface area contributed by atoms with Crippen molar-refractivity contribution in [1.82, 2.24) is 0 Å². The molecule has 0 atom stereocenters. The summed E-state index contributed by atoms with van der Waals surface area (Å²) in [5.41, 5.74) is 0. The van der Waals surface area contributed by atoms with Crippen LogP contribution in [0.15, 0.2) is 28.7 Å². The van der Waals surface area contributed by atoms with Crippen molar-refractivity contribution in [2.75, 3.05) is 14.2 Å². The molecule has 5 heteroatoms. The molecular formula is C14H13BrO4. The molecule has 0 heterocycles. The predicted molar refractivity (Wildman–Crippen MR) is 76.1 cm³/mol. The van der Waals surface area contributed by atoms with Crippen LogP contribution < -0.4 is 14.2 Å². The molecular weight excluding hydrogens is 312 g/mol. The highest BCUT2D eigenvalue weighted by Crippen LogP contribution is 2.44. The molecule has 0 aromatic heterocycles. The molecule has 2 rings (SSSR count). The van der Waals surface area contributed by atoms with E-state index >= 15 is 0 Å². The van der Waals surface area contributed by atoms with Crippen molar-refractivity contribution in [3.63, 3.8) is 0 Å². The lowest BCUT2D eigenvalue weighted by molar-refractivity contribution is -0.131. The summed E-state index contributed by atoms with van der Waals surface area (Å²) in [6, 6.07) is 7.50. The minimum Gasteiger partial charge on any atom is -0.493 e. The molecule has 2 aromatic rings. The Balaban J connectivity index is 2.80. The van der Waals surface area contributed by atoms with E-state index in [0.29, 0.717) is 17.2 Å². The highest BCUT2D eigenvalue weighted by atomic mass is 79.9. The molecule has 4 nitrogen and oxygen atoms in total. The van der Waals surface area contributed by atoms with E-state index in [-0.39, 0.29) is 0 Å². The number of methoxy groups -OCH3 is 2. The van der Waals surface area contributed by atoms with Crippen LogP contribution in [0.4, 0.5) is 0 Å². The second-order valence-electron chi connectivity index (χ2n) is 3.90. The highest BCUT2D eigenvalue weighted by molar-refractivity contribution is 9.10. The first kappa shape index (κ1) is 13.7. The Labute approximate surface area is 119 Å². The van der Waals surface area contributed by atoms with E-state index in [9.17, 15) is 4.79 Å². The van der Waals surface area contributed by atoms with Gasteiger partial charge in [0.05, 0.1) is 14.2 Å². The monoisotopic (exact) mass is 324 g/mol. The number of hydrogen-bond acceptors (Lipinski definition) is 4. The predicted octanol–water partition coefficient (Wildman–Crippen LogP) is 3.54. The Morgan fingerprint density at radius 1 is 1.11 bits per heavy atom. The lowest BCUT2D eigenvalue weighted by atomic mass is 10.1. The Morgan fingerprint density at radius 3 is 2.42 bits per heavy atom. The van der Waals surface area contributed by atoms with Crippen LogP contribution in [0, 0.1) is 0 Å².